The lowest BCUT2D eigenvalue weighted by atomic mass is 10.1. The summed E-state index contributed by atoms with van der Waals surface area (Å²) in [4.78, 5) is 10.9. The lowest BCUT2D eigenvalue weighted by molar-refractivity contribution is -0.141. The number of esters is 1. The van der Waals surface area contributed by atoms with Crippen molar-refractivity contribution in [2.45, 2.75) is 19.0 Å². The fourth-order valence-electron chi connectivity index (χ4n) is 1.59. The van der Waals surface area contributed by atoms with Gasteiger partial charge in [0.2, 0.25) is 0 Å². The first-order chi connectivity index (χ1) is 9.38. The van der Waals surface area contributed by atoms with Crippen molar-refractivity contribution in [1.82, 2.24) is 0 Å². The average molecular weight is 291 g/mol. The molecule has 0 fully saturated rings. The van der Waals surface area contributed by atoms with Crippen LogP contribution in [0.5, 0.6) is 5.75 Å². The van der Waals surface area contributed by atoms with Crippen LogP contribution in [0.4, 0.5) is 13.2 Å². The first-order valence-corrected chi connectivity index (χ1v) is 5.98. The van der Waals surface area contributed by atoms with Crippen LogP contribution in [0.1, 0.15) is 17.5 Å². The normalized spacial score (nSPS) is 11.2. The molecule has 0 saturated carbocycles. The zero-order chi connectivity index (χ0) is 15.2. The quantitative estimate of drug-likeness (QED) is 0.816. The Labute approximate surface area is 114 Å². The molecule has 1 rings (SSSR count). The fourth-order valence-corrected chi connectivity index (χ4v) is 1.59. The smallest absolute Gasteiger partial charge is 0.419 e. The Bertz CT molecular complexity index is 461. The number of ether oxygens (including phenoxy) is 2. The maximum atomic E-state index is 12.9. The molecule has 2 N–H and O–H groups in total. The summed E-state index contributed by atoms with van der Waals surface area (Å²) in [5.74, 6) is -0.847. The first kappa shape index (κ1) is 16.3. The van der Waals surface area contributed by atoms with E-state index in [0.717, 1.165) is 6.07 Å². The summed E-state index contributed by atoms with van der Waals surface area (Å²) < 4.78 is 48.2. The Kier molecular flexibility index (Phi) is 5.82. The largest absolute Gasteiger partial charge is 0.492 e. The molecule has 0 aromatic heterocycles. The maximum Gasteiger partial charge on any atom is 0.419 e. The van der Waals surface area contributed by atoms with Crippen molar-refractivity contribution in [1.29, 1.82) is 0 Å². The summed E-state index contributed by atoms with van der Waals surface area (Å²) >= 11 is 0. The van der Waals surface area contributed by atoms with Gasteiger partial charge in [-0.3, -0.25) is 4.79 Å². The second-order valence-corrected chi connectivity index (χ2v) is 4.04. The molecule has 1 aromatic carbocycles. The third-order valence-corrected chi connectivity index (χ3v) is 2.57. The SMILES string of the molecule is COC(=O)CCOc1ccc(CCN)cc1C(F)(F)F. The van der Waals surface area contributed by atoms with Crippen molar-refractivity contribution in [3.63, 3.8) is 0 Å². The topological polar surface area (TPSA) is 61.5 Å². The predicted molar refractivity (Wildman–Crippen MR) is 66.3 cm³/mol. The van der Waals surface area contributed by atoms with Crippen LogP contribution >= 0.6 is 0 Å². The molecule has 0 spiro atoms. The zero-order valence-electron chi connectivity index (χ0n) is 11.0. The van der Waals surface area contributed by atoms with Crippen molar-refractivity contribution in [2.75, 3.05) is 20.3 Å². The fraction of sp³-hybridized carbons (Fsp3) is 0.462. The first-order valence-electron chi connectivity index (χ1n) is 5.98. The molecule has 7 heteroatoms. The number of benzene rings is 1. The minimum Gasteiger partial charge on any atom is -0.492 e. The van der Waals surface area contributed by atoms with Crippen LogP contribution in [0.15, 0.2) is 18.2 Å². The Morgan fingerprint density at radius 2 is 2.05 bits per heavy atom. The lowest BCUT2D eigenvalue weighted by Crippen LogP contribution is -2.13. The molecule has 0 aliphatic rings. The Hall–Kier alpha value is -1.76. The van der Waals surface area contributed by atoms with Gasteiger partial charge in [-0.15, -0.1) is 0 Å². The molecule has 20 heavy (non-hydrogen) atoms. The van der Waals surface area contributed by atoms with Crippen molar-refractivity contribution < 1.29 is 27.4 Å². The highest BCUT2D eigenvalue weighted by Gasteiger charge is 2.34. The highest BCUT2D eigenvalue weighted by atomic mass is 19.4. The number of rotatable bonds is 6. The molecular weight excluding hydrogens is 275 g/mol. The Balaban J connectivity index is 2.86. The molecule has 0 heterocycles. The van der Waals surface area contributed by atoms with Gasteiger partial charge in [-0.05, 0) is 30.7 Å². The van der Waals surface area contributed by atoms with Crippen LogP contribution in [-0.2, 0) is 22.1 Å². The molecule has 0 amide bonds. The van der Waals surface area contributed by atoms with Gasteiger partial charge >= 0.3 is 12.1 Å². The number of hydrogen-bond donors (Lipinski definition) is 1. The van der Waals surface area contributed by atoms with Crippen LogP contribution < -0.4 is 10.5 Å². The molecule has 0 aliphatic heterocycles. The zero-order valence-corrected chi connectivity index (χ0v) is 11.0. The number of nitrogens with two attached hydrogens (primary N) is 1. The number of carbonyl (C=O) groups excluding carboxylic acids is 1. The number of alkyl halides is 3. The maximum absolute atomic E-state index is 12.9. The van der Waals surface area contributed by atoms with Crippen LogP contribution in [0.3, 0.4) is 0 Å². The molecule has 0 aliphatic carbocycles. The highest BCUT2D eigenvalue weighted by molar-refractivity contribution is 5.69. The summed E-state index contributed by atoms with van der Waals surface area (Å²) in [6.45, 7) is 0.0891. The van der Waals surface area contributed by atoms with Gasteiger partial charge in [0.25, 0.3) is 0 Å². The standard InChI is InChI=1S/C13H16F3NO3/c1-19-12(18)5-7-20-11-3-2-9(4-6-17)8-10(11)13(14,15)16/h2-3,8H,4-7,17H2,1H3. The van der Waals surface area contributed by atoms with E-state index in [1.165, 1.54) is 19.2 Å². The van der Waals surface area contributed by atoms with Gasteiger partial charge in [-0.25, -0.2) is 0 Å². The van der Waals surface area contributed by atoms with Crippen molar-refractivity contribution in [3.8, 4) is 5.75 Å². The van der Waals surface area contributed by atoms with Gasteiger partial charge in [-0.2, -0.15) is 13.2 Å². The molecule has 0 atom stereocenters. The molecule has 4 nitrogen and oxygen atoms in total. The van der Waals surface area contributed by atoms with Gasteiger partial charge < -0.3 is 15.2 Å². The number of carbonyl (C=O) groups is 1. The minimum atomic E-state index is -4.52. The number of halogens is 3. The van der Waals surface area contributed by atoms with Crippen LogP contribution in [-0.4, -0.2) is 26.2 Å². The van der Waals surface area contributed by atoms with E-state index in [4.69, 9.17) is 10.5 Å². The predicted octanol–water partition coefficient (Wildman–Crippen LogP) is 2.15. The van der Waals surface area contributed by atoms with E-state index < -0.39 is 17.7 Å². The van der Waals surface area contributed by atoms with Crippen molar-refractivity contribution in [3.05, 3.63) is 29.3 Å². The van der Waals surface area contributed by atoms with Gasteiger partial charge in [0.15, 0.2) is 0 Å². The second kappa shape index (κ2) is 7.14. The molecule has 112 valence electrons. The average Bonchev–Trinajstić information content (AvgIpc) is 2.39. The van der Waals surface area contributed by atoms with E-state index in [1.807, 2.05) is 0 Å². The molecule has 0 bridgehead atoms. The summed E-state index contributed by atoms with van der Waals surface area (Å²) in [6.07, 6.45) is -4.28. The van der Waals surface area contributed by atoms with Crippen LogP contribution in [0.2, 0.25) is 0 Å². The van der Waals surface area contributed by atoms with E-state index in [9.17, 15) is 18.0 Å². The van der Waals surface area contributed by atoms with Crippen molar-refractivity contribution >= 4 is 5.97 Å². The monoisotopic (exact) mass is 291 g/mol. The number of hydrogen-bond acceptors (Lipinski definition) is 4. The third-order valence-electron chi connectivity index (χ3n) is 2.57. The molecule has 0 unspecified atom stereocenters. The van der Waals surface area contributed by atoms with Crippen molar-refractivity contribution in [2.24, 2.45) is 5.73 Å². The molecular formula is C13H16F3NO3. The molecule has 1 aromatic rings. The summed E-state index contributed by atoms with van der Waals surface area (Å²) in [5.41, 5.74) is 4.94. The Morgan fingerprint density at radius 3 is 2.60 bits per heavy atom. The lowest BCUT2D eigenvalue weighted by Gasteiger charge is -2.15. The summed E-state index contributed by atoms with van der Waals surface area (Å²) in [5, 5.41) is 0. The Morgan fingerprint density at radius 1 is 1.35 bits per heavy atom. The summed E-state index contributed by atoms with van der Waals surface area (Å²) in [6, 6.07) is 3.78. The van der Waals surface area contributed by atoms with Gasteiger partial charge in [0.1, 0.15) is 5.75 Å². The van der Waals surface area contributed by atoms with Gasteiger partial charge in [-0.1, -0.05) is 6.07 Å². The molecule has 0 saturated heterocycles. The van der Waals surface area contributed by atoms with Crippen LogP contribution in [0, 0.1) is 0 Å². The van der Waals surface area contributed by atoms with Crippen LogP contribution in [0.25, 0.3) is 0 Å². The van der Waals surface area contributed by atoms with Gasteiger partial charge in [0.05, 0.1) is 25.7 Å². The third kappa shape index (κ3) is 4.73. The van der Waals surface area contributed by atoms with E-state index in [0.29, 0.717) is 12.0 Å². The van der Waals surface area contributed by atoms with Gasteiger partial charge in [0, 0.05) is 0 Å². The molecule has 0 radical (unpaired) electrons. The second-order valence-electron chi connectivity index (χ2n) is 4.04. The number of methoxy groups -OCH3 is 1. The van der Waals surface area contributed by atoms with E-state index in [-0.39, 0.29) is 25.3 Å². The minimum absolute atomic E-state index is 0.113. The van der Waals surface area contributed by atoms with E-state index >= 15 is 0 Å². The van der Waals surface area contributed by atoms with E-state index in [2.05, 4.69) is 4.74 Å². The van der Waals surface area contributed by atoms with E-state index in [1.54, 1.807) is 0 Å². The highest BCUT2D eigenvalue weighted by Crippen LogP contribution is 2.37. The summed E-state index contributed by atoms with van der Waals surface area (Å²) in [7, 11) is 1.20.